The van der Waals surface area contributed by atoms with Crippen molar-refractivity contribution in [2.75, 3.05) is 0 Å². The molecule has 0 aromatic heterocycles. The standard InChI is InChI=1S/C28H33Cl/c1-3-5-7-11-22-14-16-23(17-15-22)25-18-19-28(24-12-8-6-9-13-24)26(20-25)21-27(29)10-4-2/h6,8-9,12-20,27H,3-5,7,10-11,21H2,1-2H3. The highest BCUT2D eigenvalue weighted by atomic mass is 35.5. The van der Waals surface area contributed by atoms with E-state index >= 15 is 0 Å². The van der Waals surface area contributed by atoms with E-state index in [1.54, 1.807) is 0 Å². The van der Waals surface area contributed by atoms with Gasteiger partial charge >= 0.3 is 0 Å². The van der Waals surface area contributed by atoms with Crippen LogP contribution in [0.15, 0.2) is 72.8 Å². The maximum atomic E-state index is 6.65. The van der Waals surface area contributed by atoms with Crippen LogP contribution in [0.5, 0.6) is 0 Å². The van der Waals surface area contributed by atoms with Gasteiger partial charge in [-0.1, -0.05) is 106 Å². The molecule has 1 atom stereocenters. The van der Waals surface area contributed by atoms with E-state index in [0.29, 0.717) is 0 Å². The predicted molar refractivity (Wildman–Crippen MR) is 129 cm³/mol. The number of unbranched alkanes of at least 4 members (excludes halogenated alkanes) is 2. The molecule has 0 aliphatic carbocycles. The lowest BCUT2D eigenvalue weighted by Gasteiger charge is -2.15. The van der Waals surface area contributed by atoms with Crippen molar-refractivity contribution in [3.63, 3.8) is 0 Å². The van der Waals surface area contributed by atoms with Crippen molar-refractivity contribution in [1.29, 1.82) is 0 Å². The van der Waals surface area contributed by atoms with E-state index in [1.807, 2.05) is 0 Å². The smallest absolute Gasteiger partial charge is 0.0376 e. The van der Waals surface area contributed by atoms with E-state index in [0.717, 1.165) is 19.3 Å². The summed E-state index contributed by atoms with van der Waals surface area (Å²) in [5.74, 6) is 0. The highest BCUT2D eigenvalue weighted by molar-refractivity contribution is 6.20. The maximum Gasteiger partial charge on any atom is 0.0376 e. The molecule has 0 radical (unpaired) electrons. The zero-order chi connectivity index (χ0) is 20.5. The second-order valence-electron chi connectivity index (χ2n) is 7.98. The molecule has 3 rings (SSSR count). The van der Waals surface area contributed by atoms with Gasteiger partial charge in [0.15, 0.2) is 0 Å². The number of alkyl halides is 1. The van der Waals surface area contributed by atoms with Crippen molar-refractivity contribution in [2.24, 2.45) is 0 Å². The van der Waals surface area contributed by atoms with Crippen molar-refractivity contribution < 1.29 is 0 Å². The molecular formula is C28H33Cl. The number of hydrogen-bond acceptors (Lipinski definition) is 0. The van der Waals surface area contributed by atoms with Gasteiger partial charge in [-0.05, 0) is 59.1 Å². The summed E-state index contributed by atoms with van der Waals surface area (Å²) in [6.45, 7) is 4.46. The van der Waals surface area contributed by atoms with Gasteiger partial charge in [-0.15, -0.1) is 11.6 Å². The molecule has 0 amide bonds. The minimum absolute atomic E-state index is 0.179. The van der Waals surface area contributed by atoms with E-state index in [4.69, 9.17) is 11.6 Å². The van der Waals surface area contributed by atoms with Crippen molar-refractivity contribution in [3.05, 3.63) is 83.9 Å². The Morgan fingerprint density at radius 1 is 0.724 bits per heavy atom. The summed E-state index contributed by atoms with van der Waals surface area (Å²) >= 11 is 6.65. The van der Waals surface area contributed by atoms with E-state index in [1.165, 1.54) is 59.1 Å². The fourth-order valence-electron chi connectivity index (χ4n) is 3.94. The second kappa shape index (κ2) is 11.2. The molecule has 152 valence electrons. The molecule has 0 bridgehead atoms. The lowest BCUT2D eigenvalue weighted by Crippen LogP contribution is -2.04. The Hall–Kier alpha value is -2.05. The lowest BCUT2D eigenvalue weighted by molar-refractivity contribution is 0.717. The molecule has 0 saturated carbocycles. The van der Waals surface area contributed by atoms with Gasteiger partial charge in [-0.25, -0.2) is 0 Å². The number of halogens is 1. The summed E-state index contributed by atoms with van der Waals surface area (Å²) in [4.78, 5) is 0. The highest BCUT2D eigenvalue weighted by Gasteiger charge is 2.12. The molecule has 0 fully saturated rings. The normalized spacial score (nSPS) is 12.1. The second-order valence-corrected chi connectivity index (χ2v) is 8.60. The first-order valence-electron chi connectivity index (χ1n) is 11.1. The van der Waals surface area contributed by atoms with Crippen LogP contribution in [0.4, 0.5) is 0 Å². The predicted octanol–water partition coefficient (Wildman–Crippen LogP) is 8.70. The number of benzene rings is 3. The van der Waals surface area contributed by atoms with Crippen LogP contribution in [0.2, 0.25) is 0 Å². The largest absolute Gasteiger partial charge is 0.123 e. The summed E-state index contributed by atoms with van der Waals surface area (Å²) in [7, 11) is 0. The van der Waals surface area contributed by atoms with Crippen LogP contribution in [0.1, 0.15) is 57.1 Å². The Morgan fingerprint density at radius 2 is 1.45 bits per heavy atom. The van der Waals surface area contributed by atoms with Crippen molar-refractivity contribution in [2.45, 2.75) is 64.2 Å². The zero-order valence-electron chi connectivity index (χ0n) is 17.8. The molecule has 0 nitrogen and oxygen atoms in total. The van der Waals surface area contributed by atoms with Gasteiger partial charge < -0.3 is 0 Å². The average Bonchev–Trinajstić information content (AvgIpc) is 2.75. The molecule has 0 heterocycles. The monoisotopic (exact) mass is 404 g/mol. The van der Waals surface area contributed by atoms with Gasteiger partial charge in [0.25, 0.3) is 0 Å². The first-order chi connectivity index (χ1) is 14.2. The van der Waals surface area contributed by atoms with Crippen LogP contribution in [0, 0.1) is 0 Å². The van der Waals surface area contributed by atoms with Gasteiger partial charge in [-0.3, -0.25) is 0 Å². The molecule has 0 spiro atoms. The Bertz CT molecular complexity index is 865. The zero-order valence-corrected chi connectivity index (χ0v) is 18.6. The Labute approximate surface area is 181 Å². The summed E-state index contributed by atoms with van der Waals surface area (Å²) in [5, 5.41) is 0.179. The number of hydrogen-bond donors (Lipinski definition) is 0. The highest BCUT2D eigenvalue weighted by Crippen LogP contribution is 2.31. The molecule has 1 heteroatoms. The SMILES string of the molecule is CCCCCc1ccc(-c2ccc(-c3ccccc3)c(CC(Cl)CCC)c2)cc1. The van der Waals surface area contributed by atoms with Gasteiger partial charge in [-0.2, -0.15) is 0 Å². The fraction of sp³-hybridized carbons (Fsp3) is 0.357. The molecule has 29 heavy (non-hydrogen) atoms. The third kappa shape index (κ3) is 6.21. The van der Waals surface area contributed by atoms with E-state index in [9.17, 15) is 0 Å². The first-order valence-corrected chi connectivity index (χ1v) is 11.6. The molecule has 0 aliphatic heterocycles. The summed E-state index contributed by atoms with van der Waals surface area (Å²) < 4.78 is 0. The lowest BCUT2D eigenvalue weighted by atomic mass is 9.91. The van der Waals surface area contributed by atoms with E-state index in [-0.39, 0.29) is 5.38 Å². The van der Waals surface area contributed by atoms with Crippen LogP contribution in [-0.2, 0) is 12.8 Å². The van der Waals surface area contributed by atoms with Crippen LogP contribution in [0.3, 0.4) is 0 Å². The van der Waals surface area contributed by atoms with Gasteiger partial charge in [0.2, 0.25) is 0 Å². The molecule has 0 N–H and O–H groups in total. The Morgan fingerprint density at radius 3 is 2.14 bits per heavy atom. The minimum atomic E-state index is 0.179. The molecule has 1 unspecified atom stereocenters. The Kier molecular flexibility index (Phi) is 8.38. The fourth-order valence-corrected chi connectivity index (χ4v) is 4.32. The molecule has 3 aromatic rings. The van der Waals surface area contributed by atoms with E-state index in [2.05, 4.69) is 86.6 Å². The van der Waals surface area contributed by atoms with Crippen LogP contribution in [-0.4, -0.2) is 5.38 Å². The van der Waals surface area contributed by atoms with Crippen LogP contribution in [0.25, 0.3) is 22.3 Å². The molecule has 0 saturated heterocycles. The summed E-state index contributed by atoms with van der Waals surface area (Å²) in [5.41, 5.74) is 7.90. The van der Waals surface area contributed by atoms with Crippen molar-refractivity contribution in [1.82, 2.24) is 0 Å². The third-order valence-electron chi connectivity index (χ3n) is 5.59. The minimum Gasteiger partial charge on any atom is -0.123 e. The quantitative estimate of drug-likeness (QED) is 0.234. The number of rotatable bonds is 10. The average molecular weight is 405 g/mol. The van der Waals surface area contributed by atoms with Crippen LogP contribution < -0.4 is 0 Å². The maximum absolute atomic E-state index is 6.65. The third-order valence-corrected chi connectivity index (χ3v) is 5.96. The van der Waals surface area contributed by atoms with Gasteiger partial charge in [0.05, 0.1) is 0 Å². The first kappa shape index (κ1) is 21.7. The Balaban J connectivity index is 1.88. The topological polar surface area (TPSA) is 0 Å². The molecule has 3 aromatic carbocycles. The van der Waals surface area contributed by atoms with Crippen molar-refractivity contribution in [3.8, 4) is 22.3 Å². The number of aryl methyl sites for hydroxylation is 1. The summed E-state index contributed by atoms with van der Waals surface area (Å²) in [6, 6.07) is 26.6. The molecule has 0 aliphatic rings. The van der Waals surface area contributed by atoms with Gasteiger partial charge in [0.1, 0.15) is 0 Å². The summed E-state index contributed by atoms with van der Waals surface area (Å²) in [6.07, 6.45) is 8.11. The van der Waals surface area contributed by atoms with Crippen molar-refractivity contribution >= 4 is 11.6 Å². The molecular weight excluding hydrogens is 372 g/mol. The van der Waals surface area contributed by atoms with Gasteiger partial charge in [0, 0.05) is 5.38 Å². The van der Waals surface area contributed by atoms with Crippen LogP contribution >= 0.6 is 11.6 Å². The van der Waals surface area contributed by atoms with E-state index < -0.39 is 0 Å².